The molecule has 2 fully saturated rings. The first-order valence-electron chi connectivity index (χ1n) is 7.64. The Balaban J connectivity index is 1.61. The molecule has 0 amide bonds. The Labute approximate surface area is 121 Å². The molecular formula is C18H23NO. The molecule has 20 heavy (non-hydrogen) atoms. The van der Waals surface area contributed by atoms with Crippen molar-refractivity contribution in [3.8, 4) is 0 Å². The second kappa shape index (κ2) is 5.53. The number of Topliss-reactive ketones (excluding diaryl/α,β-unsaturated/α-hetero) is 1. The highest BCUT2D eigenvalue weighted by Crippen LogP contribution is 2.39. The van der Waals surface area contributed by atoms with Crippen LogP contribution in [-0.4, -0.2) is 29.8 Å². The fourth-order valence-corrected chi connectivity index (χ4v) is 3.88. The molecule has 2 bridgehead atoms. The molecule has 2 heterocycles. The summed E-state index contributed by atoms with van der Waals surface area (Å²) in [5.74, 6) is 0.779. The minimum Gasteiger partial charge on any atom is -0.300 e. The Kier molecular flexibility index (Phi) is 3.75. The van der Waals surface area contributed by atoms with E-state index in [0.29, 0.717) is 30.0 Å². The molecule has 0 saturated carbocycles. The Morgan fingerprint density at radius 2 is 1.80 bits per heavy atom. The Morgan fingerprint density at radius 1 is 1.20 bits per heavy atom. The molecule has 0 aromatic heterocycles. The maximum atomic E-state index is 12.4. The van der Waals surface area contributed by atoms with E-state index in [9.17, 15) is 4.79 Å². The topological polar surface area (TPSA) is 20.3 Å². The lowest BCUT2D eigenvalue weighted by atomic mass is 9.85. The lowest BCUT2D eigenvalue weighted by Crippen LogP contribution is -2.40. The average Bonchev–Trinajstić information content (AvgIpc) is 2.69. The van der Waals surface area contributed by atoms with Crippen molar-refractivity contribution in [3.63, 3.8) is 0 Å². The number of allylic oxidation sites excluding steroid dienone is 1. The number of nitrogens with zero attached hydrogens (tertiary/aromatic N) is 1. The first kappa shape index (κ1) is 13.6. The molecule has 2 saturated heterocycles. The first-order chi connectivity index (χ1) is 9.65. The number of carbonyl (C=O) groups excluding carboxylic acids is 1. The molecule has 2 nitrogen and oxygen atoms in total. The van der Waals surface area contributed by atoms with Gasteiger partial charge in [0.1, 0.15) is 0 Å². The van der Waals surface area contributed by atoms with Gasteiger partial charge in [0.15, 0.2) is 5.78 Å². The summed E-state index contributed by atoms with van der Waals surface area (Å²) < 4.78 is 0. The van der Waals surface area contributed by atoms with Crippen molar-refractivity contribution < 1.29 is 4.79 Å². The number of fused-ring (bicyclic) bond motifs is 2. The van der Waals surface area contributed by atoms with Gasteiger partial charge in [-0.1, -0.05) is 36.9 Å². The minimum atomic E-state index is 0.227. The van der Waals surface area contributed by atoms with Gasteiger partial charge in [-0.15, -0.1) is 0 Å². The van der Waals surface area contributed by atoms with E-state index in [2.05, 4.69) is 18.5 Å². The Hall–Kier alpha value is -1.41. The van der Waals surface area contributed by atoms with Gasteiger partial charge in [0, 0.05) is 24.1 Å². The van der Waals surface area contributed by atoms with Crippen molar-refractivity contribution in [3.05, 3.63) is 42.5 Å². The van der Waals surface area contributed by atoms with Gasteiger partial charge < -0.3 is 4.90 Å². The minimum absolute atomic E-state index is 0.227. The number of hydrogen-bond donors (Lipinski definition) is 0. The fourth-order valence-electron chi connectivity index (χ4n) is 3.88. The molecule has 0 spiro atoms. The van der Waals surface area contributed by atoms with E-state index in [1.807, 2.05) is 30.3 Å². The third kappa shape index (κ3) is 2.57. The fraction of sp³-hybridized carbons (Fsp3) is 0.500. The van der Waals surface area contributed by atoms with Crippen LogP contribution in [-0.2, 0) is 4.79 Å². The van der Waals surface area contributed by atoms with Crippen LogP contribution >= 0.6 is 0 Å². The van der Waals surface area contributed by atoms with E-state index in [1.54, 1.807) is 0 Å². The molecule has 2 aliphatic rings. The SMILES string of the molecule is C=C(C(=O)CC1C[C@H]2CC[C@@H](C1)N2C)c1ccccc1. The summed E-state index contributed by atoms with van der Waals surface area (Å²) in [6.45, 7) is 4.00. The summed E-state index contributed by atoms with van der Waals surface area (Å²) in [5.41, 5.74) is 1.64. The number of rotatable bonds is 4. The average molecular weight is 269 g/mol. The van der Waals surface area contributed by atoms with Gasteiger partial charge in [-0.25, -0.2) is 0 Å². The molecule has 1 aromatic carbocycles. The van der Waals surface area contributed by atoms with Crippen LogP contribution in [0.5, 0.6) is 0 Å². The van der Waals surface area contributed by atoms with Crippen molar-refractivity contribution >= 4 is 11.4 Å². The summed E-state index contributed by atoms with van der Waals surface area (Å²) >= 11 is 0. The molecule has 3 atom stereocenters. The van der Waals surface area contributed by atoms with Gasteiger partial charge in [-0.05, 0) is 44.2 Å². The highest BCUT2D eigenvalue weighted by Gasteiger charge is 2.38. The summed E-state index contributed by atoms with van der Waals surface area (Å²) in [5, 5.41) is 0. The highest BCUT2D eigenvalue weighted by atomic mass is 16.1. The van der Waals surface area contributed by atoms with Crippen LogP contribution in [0.2, 0.25) is 0 Å². The summed E-state index contributed by atoms with van der Waals surface area (Å²) in [7, 11) is 2.24. The summed E-state index contributed by atoms with van der Waals surface area (Å²) in [6.07, 6.45) is 5.66. The third-order valence-corrected chi connectivity index (χ3v) is 5.13. The smallest absolute Gasteiger partial charge is 0.163 e. The van der Waals surface area contributed by atoms with Crippen molar-refractivity contribution in [1.29, 1.82) is 0 Å². The van der Waals surface area contributed by atoms with E-state index in [1.165, 1.54) is 25.7 Å². The second-order valence-electron chi connectivity index (χ2n) is 6.36. The molecule has 106 valence electrons. The van der Waals surface area contributed by atoms with E-state index in [-0.39, 0.29) is 5.78 Å². The molecule has 0 radical (unpaired) electrons. The predicted octanol–water partition coefficient (Wildman–Crippen LogP) is 3.53. The number of carbonyl (C=O) groups is 1. The number of ketones is 1. The van der Waals surface area contributed by atoms with Crippen molar-refractivity contribution in [2.45, 2.75) is 44.2 Å². The Morgan fingerprint density at radius 3 is 2.40 bits per heavy atom. The standard InChI is InChI=1S/C18H23NO/c1-13(15-6-4-3-5-7-15)18(20)12-14-10-16-8-9-17(11-14)19(16)2/h3-7,14,16-17H,1,8-12H2,2H3/t14?,16-,17+. The van der Waals surface area contributed by atoms with Gasteiger partial charge in [0.2, 0.25) is 0 Å². The monoisotopic (exact) mass is 269 g/mol. The van der Waals surface area contributed by atoms with Gasteiger partial charge in [0.05, 0.1) is 0 Å². The summed E-state index contributed by atoms with van der Waals surface area (Å²) in [4.78, 5) is 14.9. The highest BCUT2D eigenvalue weighted by molar-refractivity contribution is 6.19. The van der Waals surface area contributed by atoms with E-state index >= 15 is 0 Å². The van der Waals surface area contributed by atoms with Gasteiger partial charge in [0.25, 0.3) is 0 Å². The predicted molar refractivity (Wildman–Crippen MR) is 82.4 cm³/mol. The van der Waals surface area contributed by atoms with E-state index < -0.39 is 0 Å². The number of hydrogen-bond acceptors (Lipinski definition) is 2. The number of benzene rings is 1. The van der Waals surface area contributed by atoms with Crippen LogP contribution in [0, 0.1) is 5.92 Å². The first-order valence-corrected chi connectivity index (χ1v) is 7.64. The quantitative estimate of drug-likeness (QED) is 0.779. The molecule has 3 rings (SSSR count). The maximum Gasteiger partial charge on any atom is 0.163 e. The van der Waals surface area contributed by atoms with E-state index in [4.69, 9.17) is 0 Å². The van der Waals surface area contributed by atoms with Crippen LogP contribution in [0.25, 0.3) is 5.57 Å². The van der Waals surface area contributed by atoms with Gasteiger partial charge in [-0.2, -0.15) is 0 Å². The van der Waals surface area contributed by atoms with Crippen LogP contribution < -0.4 is 0 Å². The molecule has 0 aliphatic carbocycles. The van der Waals surface area contributed by atoms with Crippen LogP contribution in [0.1, 0.15) is 37.7 Å². The molecule has 1 aromatic rings. The Bertz CT molecular complexity index is 493. The lowest BCUT2D eigenvalue weighted by Gasteiger charge is -2.36. The van der Waals surface area contributed by atoms with E-state index in [0.717, 1.165) is 5.56 Å². The van der Waals surface area contributed by atoms with Gasteiger partial charge in [-0.3, -0.25) is 4.79 Å². The van der Waals surface area contributed by atoms with Crippen molar-refractivity contribution in [2.24, 2.45) is 5.92 Å². The lowest BCUT2D eigenvalue weighted by molar-refractivity contribution is -0.115. The normalized spacial score (nSPS) is 29.4. The van der Waals surface area contributed by atoms with Crippen molar-refractivity contribution in [2.75, 3.05) is 7.05 Å². The van der Waals surface area contributed by atoms with Crippen molar-refractivity contribution in [1.82, 2.24) is 4.90 Å². The molecule has 1 unspecified atom stereocenters. The van der Waals surface area contributed by atoms with Crippen LogP contribution in [0.15, 0.2) is 36.9 Å². The molecule has 2 aliphatic heterocycles. The van der Waals surface area contributed by atoms with Crippen LogP contribution in [0.3, 0.4) is 0 Å². The number of piperidine rings is 1. The van der Waals surface area contributed by atoms with Gasteiger partial charge >= 0.3 is 0 Å². The zero-order valence-electron chi connectivity index (χ0n) is 12.2. The molecule has 2 heteroatoms. The largest absolute Gasteiger partial charge is 0.300 e. The summed E-state index contributed by atoms with van der Waals surface area (Å²) in [6, 6.07) is 11.2. The van der Waals surface area contributed by atoms with Crippen LogP contribution in [0.4, 0.5) is 0 Å². The zero-order chi connectivity index (χ0) is 14.1. The zero-order valence-corrected chi connectivity index (χ0v) is 12.2. The third-order valence-electron chi connectivity index (χ3n) is 5.13. The second-order valence-corrected chi connectivity index (χ2v) is 6.36. The maximum absolute atomic E-state index is 12.4. The molecule has 0 N–H and O–H groups in total. The molecular weight excluding hydrogens is 246 g/mol.